The van der Waals surface area contributed by atoms with Gasteiger partial charge in [0.2, 0.25) is 0 Å². The molecule has 0 saturated heterocycles. The Labute approximate surface area is 83.0 Å². The lowest BCUT2D eigenvalue weighted by molar-refractivity contribution is -0.889. The van der Waals surface area contributed by atoms with Gasteiger partial charge in [0, 0.05) is 4.91 Å². The first kappa shape index (κ1) is 14.2. The zero-order valence-electron chi connectivity index (χ0n) is 7.44. The van der Waals surface area contributed by atoms with Gasteiger partial charge in [0.25, 0.3) is 0 Å². The van der Waals surface area contributed by atoms with Gasteiger partial charge >= 0.3 is 0 Å². The Bertz CT molecular complexity index is 156. The normalized spacial score (nSPS) is 9.92. The minimum Gasteiger partial charge on any atom is -1.00 e. The van der Waals surface area contributed by atoms with E-state index in [1.807, 2.05) is 14.1 Å². The Kier molecular flexibility index (Phi) is 8.74. The second-order valence-electron chi connectivity index (χ2n) is 3.06. The van der Waals surface area contributed by atoms with Gasteiger partial charge in [0.05, 0.1) is 33.8 Å². The summed E-state index contributed by atoms with van der Waals surface area (Å²) in [7, 11) is 3.98. The SMILES string of the molecule is C[N+](C)(CCO)CCN=[N+]=[N-].[Br-]. The average molecular weight is 239 g/mol. The quantitative estimate of drug-likeness (QED) is 0.242. The van der Waals surface area contributed by atoms with Gasteiger partial charge in [-0.3, -0.25) is 0 Å². The molecule has 0 atom stereocenters. The Hall–Kier alpha value is -0.290. The molecule has 0 radical (unpaired) electrons. The highest BCUT2D eigenvalue weighted by molar-refractivity contribution is 4.44. The fourth-order valence-electron chi connectivity index (χ4n) is 0.743. The third kappa shape index (κ3) is 7.81. The summed E-state index contributed by atoms with van der Waals surface area (Å²) >= 11 is 0. The molecule has 0 fully saturated rings. The summed E-state index contributed by atoms with van der Waals surface area (Å²) in [5, 5.41) is 12.1. The summed E-state index contributed by atoms with van der Waals surface area (Å²) in [5.74, 6) is 0. The minimum atomic E-state index is 0. The van der Waals surface area contributed by atoms with E-state index in [1.54, 1.807) is 0 Å². The molecule has 0 spiro atoms. The molecule has 0 amide bonds. The number of quaternary nitrogens is 1. The van der Waals surface area contributed by atoms with Gasteiger partial charge < -0.3 is 26.6 Å². The fourth-order valence-corrected chi connectivity index (χ4v) is 0.743. The largest absolute Gasteiger partial charge is 1.00 e. The Morgan fingerprint density at radius 2 is 2.00 bits per heavy atom. The molecule has 0 aromatic carbocycles. The van der Waals surface area contributed by atoms with Crippen LogP contribution in [-0.2, 0) is 0 Å². The maximum Gasteiger partial charge on any atom is 0.102 e. The van der Waals surface area contributed by atoms with Crippen molar-refractivity contribution in [1.29, 1.82) is 0 Å². The number of nitrogens with zero attached hydrogens (tertiary/aromatic N) is 4. The molecule has 0 aliphatic heterocycles. The summed E-state index contributed by atoms with van der Waals surface area (Å²) in [6.07, 6.45) is 0. The number of rotatable bonds is 5. The van der Waals surface area contributed by atoms with Crippen LogP contribution in [0.1, 0.15) is 0 Å². The maximum absolute atomic E-state index is 8.64. The standard InChI is InChI=1S/C6H15N4O.BrH/c1-10(2,5-6-11)4-3-8-9-7;/h11H,3-6H2,1-2H3;1H/q+1;/p-1. The molecular formula is C6H15BrN4O. The van der Waals surface area contributed by atoms with Crippen LogP contribution in [0.15, 0.2) is 5.11 Å². The second-order valence-corrected chi connectivity index (χ2v) is 3.06. The Balaban J connectivity index is 0. The summed E-state index contributed by atoms with van der Waals surface area (Å²) in [6, 6.07) is 0. The first-order valence-corrected chi connectivity index (χ1v) is 3.56. The van der Waals surface area contributed by atoms with E-state index in [2.05, 4.69) is 10.0 Å². The van der Waals surface area contributed by atoms with Crippen LogP contribution in [-0.4, -0.2) is 49.9 Å². The van der Waals surface area contributed by atoms with Gasteiger partial charge in [-0.15, -0.1) is 0 Å². The number of aliphatic hydroxyl groups excluding tert-OH is 1. The van der Waals surface area contributed by atoms with E-state index < -0.39 is 0 Å². The molecule has 0 unspecified atom stereocenters. The number of aliphatic hydroxyl groups is 1. The van der Waals surface area contributed by atoms with E-state index in [0.29, 0.717) is 17.6 Å². The highest BCUT2D eigenvalue weighted by atomic mass is 79.9. The third-order valence-corrected chi connectivity index (χ3v) is 1.57. The number of likely N-dealkylation sites (N-methyl/N-ethyl adjacent to an activating group) is 1. The lowest BCUT2D eigenvalue weighted by atomic mass is 10.4. The lowest BCUT2D eigenvalue weighted by Crippen LogP contribution is -3.00. The average Bonchev–Trinajstić information content (AvgIpc) is 1.87. The Morgan fingerprint density at radius 1 is 1.42 bits per heavy atom. The highest BCUT2D eigenvalue weighted by Crippen LogP contribution is 1.94. The molecule has 1 N–H and O–H groups in total. The van der Waals surface area contributed by atoms with Crippen LogP contribution in [0.25, 0.3) is 10.4 Å². The van der Waals surface area contributed by atoms with Crippen molar-refractivity contribution >= 4 is 0 Å². The zero-order valence-corrected chi connectivity index (χ0v) is 9.03. The summed E-state index contributed by atoms with van der Waals surface area (Å²) < 4.78 is 0.690. The predicted molar refractivity (Wildman–Crippen MR) is 42.9 cm³/mol. The van der Waals surface area contributed by atoms with Crippen molar-refractivity contribution in [3.63, 3.8) is 0 Å². The smallest absolute Gasteiger partial charge is 0.102 e. The molecule has 0 saturated carbocycles. The van der Waals surface area contributed by atoms with Crippen molar-refractivity contribution in [3.05, 3.63) is 10.4 Å². The monoisotopic (exact) mass is 238 g/mol. The number of halogens is 1. The van der Waals surface area contributed by atoms with Gasteiger partial charge in [0.15, 0.2) is 0 Å². The number of azide groups is 1. The van der Waals surface area contributed by atoms with E-state index >= 15 is 0 Å². The second kappa shape index (κ2) is 7.36. The van der Waals surface area contributed by atoms with Crippen molar-refractivity contribution in [2.24, 2.45) is 5.11 Å². The van der Waals surface area contributed by atoms with Crippen LogP contribution >= 0.6 is 0 Å². The number of hydrogen-bond acceptors (Lipinski definition) is 2. The molecule has 12 heavy (non-hydrogen) atoms. The number of hydrogen-bond donors (Lipinski definition) is 1. The van der Waals surface area contributed by atoms with Crippen molar-refractivity contribution in [2.45, 2.75) is 0 Å². The van der Waals surface area contributed by atoms with Gasteiger partial charge in [-0.05, 0) is 5.53 Å². The molecule has 0 bridgehead atoms. The molecule has 0 rings (SSSR count). The first-order chi connectivity index (χ1) is 5.12. The maximum atomic E-state index is 8.64. The van der Waals surface area contributed by atoms with E-state index in [1.165, 1.54) is 0 Å². The van der Waals surface area contributed by atoms with Gasteiger partial charge in [-0.2, -0.15) is 0 Å². The van der Waals surface area contributed by atoms with Crippen molar-refractivity contribution in [3.8, 4) is 0 Å². The van der Waals surface area contributed by atoms with Crippen LogP contribution in [0, 0.1) is 0 Å². The Morgan fingerprint density at radius 3 is 2.42 bits per heavy atom. The molecule has 72 valence electrons. The first-order valence-electron chi connectivity index (χ1n) is 3.56. The van der Waals surface area contributed by atoms with Gasteiger partial charge in [-0.25, -0.2) is 0 Å². The van der Waals surface area contributed by atoms with Crippen molar-refractivity contribution < 1.29 is 26.6 Å². The van der Waals surface area contributed by atoms with Crippen LogP contribution in [0.2, 0.25) is 0 Å². The molecule has 0 aliphatic rings. The zero-order chi connectivity index (χ0) is 8.74. The molecule has 5 nitrogen and oxygen atoms in total. The molecule has 0 aliphatic carbocycles. The molecule has 0 aromatic heterocycles. The van der Waals surface area contributed by atoms with Gasteiger partial charge in [-0.1, -0.05) is 5.11 Å². The molecular weight excluding hydrogens is 224 g/mol. The van der Waals surface area contributed by atoms with Crippen LogP contribution < -0.4 is 17.0 Å². The van der Waals surface area contributed by atoms with Crippen LogP contribution in [0.3, 0.4) is 0 Å². The molecule has 0 heterocycles. The molecule has 6 heteroatoms. The van der Waals surface area contributed by atoms with E-state index in [4.69, 9.17) is 10.6 Å². The topological polar surface area (TPSA) is 69.0 Å². The summed E-state index contributed by atoms with van der Waals surface area (Å²) in [4.78, 5) is 2.65. The van der Waals surface area contributed by atoms with Crippen LogP contribution in [0.4, 0.5) is 0 Å². The fraction of sp³-hybridized carbons (Fsp3) is 1.00. The highest BCUT2D eigenvalue weighted by Gasteiger charge is 2.11. The van der Waals surface area contributed by atoms with Gasteiger partial charge in [0.1, 0.15) is 6.54 Å². The lowest BCUT2D eigenvalue weighted by Gasteiger charge is -2.27. The minimum absolute atomic E-state index is 0. The summed E-state index contributed by atoms with van der Waals surface area (Å²) in [6.45, 7) is 2.12. The molecule has 0 aromatic rings. The van der Waals surface area contributed by atoms with Crippen molar-refractivity contribution in [2.75, 3.05) is 40.3 Å². The third-order valence-electron chi connectivity index (χ3n) is 1.57. The van der Waals surface area contributed by atoms with Crippen LogP contribution in [0.5, 0.6) is 0 Å². The van der Waals surface area contributed by atoms with Crippen molar-refractivity contribution in [1.82, 2.24) is 0 Å². The summed E-state index contributed by atoms with van der Waals surface area (Å²) in [5.41, 5.74) is 7.99. The van der Waals surface area contributed by atoms with E-state index in [0.717, 1.165) is 6.54 Å². The van der Waals surface area contributed by atoms with E-state index in [-0.39, 0.29) is 23.6 Å². The predicted octanol–water partition coefficient (Wildman–Crippen LogP) is -2.63. The van der Waals surface area contributed by atoms with E-state index in [9.17, 15) is 0 Å².